The van der Waals surface area contributed by atoms with Gasteiger partial charge in [0.25, 0.3) is 15.9 Å². The van der Waals surface area contributed by atoms with Crippen LogP contribution in [-0.2, 0) is 14.8 Å². The average molecular weight is 454 g/mol. The Morgan fingerprint density at radius 1 is 0.935 bits per heavy atom. The summed E-state index contributed by atoms with van der Waals surface area (Å²) in [4.78, 5) is 27.8. The van der Waals surface area contributed by atoms with Crippen LogP contribution in [0, 0.1) is 0 Å². The number of fused-ring (bicyclic) bond motifs is 2. The summed E-state index contributed by atoms with van der Waals surface area (Å²) >= 11 is 1.14. The fourth-order valence-corrected chi connectivity index (χ4v) is 6.57. The second-order valence-corrected chi connectivity index (χ2v) is 10.5. The SMILES string of the molecule is O=C1Nc2ccc(-c3ccccc3)cc2C(=O)N2CCN(S(=O)(=O)c3cccs3)C[C@@H]12. The van der Waals surface area contributed by atoms with Crippen LogP contribution in [0.1, 0.15) is 10.4 Å². The lowest BCUT2D eigenvalue weighted by atomic mass is 10.0. The van der Waals surface area contributed by atoms with Crippen LogP contribution in [0.2, 0.25) is 0 Å². The highest BCUT2D eigenvalue weighted by molar-refractivity contribution is 7.91. The molecule has 0 bridgehead atoms. The number of hydrogen-bond acceptors (Lipinski definition) is 5. The maximum atomic E-state index is 13.4. The van der Waals surface area contributed by atoms with Crippen LogP contribution in [0.25, 0.3) is 11.1 Å². The van der Waals surface area contributed by atoms with E-state index in [4.69, 9.17) is 0 Å². The largest absolute Gasteiger partial charge is 0.324 e. The number of nitrogens with zero attached hydrogens (tertiary/aromatic N) is 2. The zero-order chi connectivity index (χ0) is 21.6. The third kappa shape index (κ3) is 3.44. The van der Waals surface area contributed by atoms with Gasteiger partial charge in [0.1, 0.15) is 10.3 Å². The third-order valence-electron chi connectivity index (χ3n) is 5.61. The molecule has 0 unspecified atom stereocenters. The number of thiophene rings is 1. The zero-order valence-electron chi connectivity index (χ0n) is 16.4. The summed E-state index contributed by atoms with van der Waals surface area (Å²) < 4.78 is 27.4. The van der Waals surface area contributed by atoms with E-state index in [1.54, 1.807) is 29.6 Å². The topological polar surface area (TPSA) is 86.8 Å². The van der Waals surface area contributed by atoms with Crippen molar-refractivity contribution >= 4 is 38.9 Å². The van der Waals surface area contributed by atoms with E-state index in [0.717, 1.165) is 22.5 Å². The van der Waals surface area contributed by atoms with Crippen molar-refractivity contribution < 1.29 is 18.0 Å². The number of sulfonamides is 1. The number of benzene rings is 2. The van der Waals surface area contributed by atoms with E-state index >= 15 is 0 Å². The van der Waals surface area contributed by atoms with E-state index in [1.165, 1.54) is 9.21 Å². The lowest BCUT2D eigenvalue weighted by Gasteiger charge is -2.38. The Morgan fingerprint density at radius 2 is 1.74 bits per heavy atom. The second kappa shape index (κ2) is 7.60. The molecule has 1 aromatic heterocycles. The summed E-state index contributed by atoms with van der Waals surface area (Å²) in [5, 5.41) is 4.52. The first-order valence-electron chi connectivity index (χ1n) is 9.80. The fraction of sp³-hybridized carbons (Fsp3) is 0.182. The summed E-state index contributed by atoms with van der Waals surface area (Å²) in [5.41, 5.74) is 2.69. The smallest absolute Gasteiger partial charge is 0.256 e. The van der Waals surface area contributed by atoms with Crippen molar-refractivity contribution in [3.63, 3.8) is 0 Å². The van der Waals surface area contributed by atoms with Gasteiger partial charge in [0.2, 0.25) is 5.91 Å². The van der Waals surface area contributed by atoms with Gasteiger partial charge < -0.3 is 10.2 Å². The number of amides is 2. The molecule has 3 heterocycles. The molecule has 2 aliphatic rings. The Hall–Kier alpha value is -3.01. The van der Waals surface area contributed by atoms with Crippen LogP contribution in [0.5, 0.6) is 0 Å². The number of piperazine rings is 1. The minimum atomic E-state index is -3.70. The molecule has 0 aliphatic carbocycles. The third-order valence-corrected chi connectivity index (χ3v) is 8.85. The molecule has 31 heavy (non-hydrogen) atoms. The molecule has 0 saturated carbocycles. The van der Waals surface area contributed by atoms with Gasteiger partial charge in [-0.05, 0) is 34.7 Å². The monoisotopic (exact) mass is 453 g/mol. The highest BCUT2D eigenvalue weighted by Crippen LogP contribution is 2.31. The number of nitrogens with one attached hydrogen (secondary N) is 1. The molecule has 0 radical (unpaired) electrons. The van der Waals surface area contributed by atoms with Crippen molar-refractivity contribution in [3.8, 4) is 11.1 Å². The Kier molecular flexibility index (Phi) is 4.88. The van der Waals surface area contributed by atoms with Gasteiger partial charge in [0, 0.05) is 19.6 Å². The van der Waals surface area contributed by atoms with E-state index in [9.17, 15) is 18.0 Å². The fourth-order valence-electron chi connectivity index (χ4n) is 3.99. The van der Waals surface area contributed by atoms with Crippen LogP contribution in [0.3, 0.4) is 0 Å². The van der Waals surface area contributed by atoms with Crippen LogP contribution in [-0.4, -0.2) is 55.1 Å². The van der Waals surface area contributed by atoms with Gasteiger partial charge in [0.05, 0.1) is 11.3 Å². The normalized spacial score (nSPS) is 19.4. The second-order valence-electron chi connectivity index (χ2n) is 7.43. The van der Waals surface area contributed by atoms with E-state index in [0.29, 0.717) is 11.3 Å². The van der Waals surface area contributed by atoms with Crippen molar-refractivity contribution in [1.82, 2.24) is 9.21 Å². The molecule has 7 nitrogen and oxygen atoms in total. The summed E-state index contributed by atoms with van der Waals surface area (Å²) in [6, 6.07) is 17.4. The predicted octanol–water partition coefficient (Wildman–Crippen LogP) is 2.88. The molecule has 2 aliphatic heterocycles. The number of carbonyl (C=O) groups excluding carboxylic acids is 2. The summed E-state index contributed by atoms with van der Waals surface area (Å²) in [5.74, 6) is -0.657. The zero-order valence-corrected chi connectivity index (χ0v) is 18.0. The predicted molar refractivity (Wildman–Crippen MR) is 118 cm³/mol. The molecule has 1 saturated heterocycles. The number of hydrogen-bond donors (Lipinski definition) is 1. The van der Waals surface area contributed by atoms with E-state index in [2.05, 4.69) is 5.32 Å². The molecule has 3 aromatic rings. The first kappa shape index (κ1) is 19.9. The average Bonchev–Trinajstić information content (AvgIpc) is 3.32. The van der Waals surface area contributed by atoms with Gasteiger partial charge in [-0.25, -0.2) is 8.42 Å². The van der Waals surface area contributed by atoms with Crippen molar-refractivity contribution in [2.24, 2.45) is 0 Å². The molecular formula is C22H19N3O4S2. The molecule has 2 aromatic carbocycles. The van der Waals surface area contributed by atoms with Crippen molar-refractivity contribution in [3.05, 3.63) is 71.6 Å². The van der Waals surface area contributed by atoms with E-state index in [-0.39, 0.29) is 35.7 Å². The van der Waals surface area contributed by atoms with Gasteiger partial charge in [-0.3, -0.25) is 9.59 Å². The van der Waals surface area contributed by atoms with Crippen molar-refractivity contribution in [2.45, 2.75) is 10.3 Å². The standard InChI is InChI=1S/C22H19N3O4S2/c26-21-19-14-24(31(28,29)20-7-4-12-30-20)10-11-25(19)22(27)17-13-16(8-9-18(17)23-21)15-5-2-1-3-6-15/h1-9,12-13,19H,10-11,14H2,(H,23,26)/t19-/m0/s1. The molecule has 158 valence electrons. The molecule has 1 atom stereocenters. The van der Waals surface area contributed by atoms with Crippen LogP contribution in [0.4, 0.5) is 5.69 Å². The lowest BCUT2D eigenvalue weighted by Crippen LogP contribution is -2.59. The minimum absolute atomic E-state index is 0.0721. The Balaban J connectivity index is 1.47. The number of anilines is 1. The molecule has 2 amide bonds. The van der Waals surface area contributed by atoms with Crippen molar-refractivity contribution in [1.29, 1.82) is 0 Å². The first-order valence-corrected chi connectivity index (χ1v) is 12.1. The van der Waals surface area contributed by atoms with Crippen LogP contribution in [0.15, 0.2) is 70.3 Å². The van der Waals surface area contributed by atoms with Gasteiger partial charge in [-0.1, -0.05) is 42.5 Å². The number of carbonyl (C=O) groups is 2. The van der Waals surface area contributed by atoms with Crippen LogP contribution >= 0.6 is 11.3 Å². The Labute approximate surface area is 184 Å². The first-order chi connectivity index (χ1) is 14.9. The van der Waals surface area contributed by atoms with Gasteiger partial charge >= 0.3 is 0 Å². The van der Waals surface area contributed by atoms with Crippen molar-refractivity contribution in [2.75, 3.05) is 25.0 Å². The van der Waals surface area contributed by atoms with Gasteiger partial charge in [-0.2, -0.15) is 4.31 Å². The van der Waals surface area contributed by atoms with E-state index < -0.39 is 16.1 Å². The molecule has 1 N–H and O–H groups in total. The quantitative estimate of drug-likeness (QED) is 0.661. The summed E-state index contributed by atoms with van der Waals surface area (Å²) in [6.07, 6.45) is 0. The summed E-state index contributed by atoms with van der Waals surface area (Å²) in [6.45, 7) is 0.220. The molecule has 5 rings (SSSR count). The molecule has 1 fully saturated rings. The summed E-state index contributed by atoms with van der Waals surface area (Å²) in [7, 11) is -3.70. The number of rotatable bonds is 3. The molecule has 0 spiro atoms. The van der Waals surface area contributed by atoms with E-state index in [1.807, 2.05) is 36.4 Å². The minimum Gasteiger partial charge on any atom is -0.324 e. The molecule has 9 heteroatoms. The van der Waals surface area contributed by atoms with Crippen LogP contribution < -0.4 is 5.32 Å². The van der Waals surface area contributed by atoms with Gasteiger partial charge in [0.15, 0.2) is 0 Å². The maximum absolute atomic E-state index is 13.4. The van der Waals surface area contributed by atoms with Gasteiger partial charge in [-0.15, -0.1) is 11.3 Å². The Morgan fingerprint density at radius 3 is 2.48 bits per heavy atom. The lowest BCUT2D eigenvalue weighted by molar-refractivity contribution is -0.121. The maximum Gasteiger partial charge on any atom is 0.256 e. The highest BCUT2D eigenvalue weighted by Gasteiger charge is 2.42. The Bertz CT molecular complexity index is 1260. The molecular weight excluding hydrogens is 434 g/mol. The highest BCUT2D eigenvalue weighted by atomic mass is 32.2.